The summed E-state index contributed by atoms with van der Waals surface area (Å²) in [6.07, 6.45) is 7.54. The van der Waals surface area contributed by atoms with Crippen LogP contribution in [0.4, 0.5) is 0 Å². The number of nitrogens with one attached hydrogen (secondary N) is 2. The van der Waals surface area contributed by atoms with E-state index in [4.69, 9.17) is 5.73 Å². The highest BCUT2D eigenvalue weighted by Gasteiger charge is 2.40. The number of hydrazine groups is 2. The van der Waals surface area contributed by atoms with Crippen LogP contribution in [0.25, 0.3) is 0 Å². The minimum absolute atomic E-state index is 0.172. The molecule has 5 nitrogen and oxygen atoms in total. The third-order valence-corrected chi connectivity index (χ3v) is 4.53. The highest BCUT2D eigenvalue weighted by atomic mass is 16.3. The molecule has 3 aliphatic rings. The predicted octanol–water partition coefficient (Wildman–Crippen LogP) is -0.137. The zero-order valence-corrected chi connectivity index (χ0v) is 10.3. The van der Waals surface area contributed by atoms with Gasteiger partial charge < -0.3 is 10.8 Å². The van der Waals surface area contributed by atoms with Crippen LogP contribution >= 0.6 is 0 Å². The molecule has 98 valence electrons. The summed E-state index contributed by atoms with van der Waals surface area (Å²) in [5.41, 5.74) is 12.9. The molecule has 3 fully saturated rings. The third-order valence-electron chi connectivity index (χ3n) is 4.53. The van der Waals surface area contributed by atoms with Crippen LogP contribution in [0.2, 0.25) is 0 Å². The van der Waals surface area contributed by atoms with E-state index in [1.54, 1.807) is 0 Å². The van der Waals surface area contributed by atoms with Crippen molar-refractivity contribution >= 4 is 0 Å². The summed E-state index contributed by atoms with van der Waals surface area (Å²) in [5.74, 6) is 0. The molecule has 0 aromatic heterocycles. The second kappa shape index (κ2) is 4.82. The molecular formula is C12H24N4O. The number of nitrogens with zero attached hydrogens (tertiary/aromatic N) is 1. The van der Waals surface area contributed by atoms with Gasteiger partial charge in [-0.2, -0.15) is 5.12 Å². The zero-order chi connectivity index (χ0) is 11.8. The normalized spacial score (nSPS) is 48.0. The summed E-state index contributed by atoms with van der Waals surface area (Å²) in [6.45, 7) is 0. The molecule has 5 heteroatoms. The van der Waals surface area contributed by atoms with Crippen molar-refractivity contribution in [2.24, 2.45) is 5.73 Å². The van der Waals surface area contributed by atoms with Crippen LogP contribution in [0.1, 0.15) is 44.9 Å². The molecule has 0 spiro atoms. The first-order valence-corrected chi connectivity index (χ1v) is 6.99. The molecule has 2 aliphatic carbocycles. The topological polar surface area (TPSA) is 73.5 Å². The average molecular weight is 240 g/mol. The van der Waals surface area contributed by atoms with E-state index in [1.165, 1.54) is 25.7 Å². The molecule has 0 radical (unpaired) electrons. The monoisotopic (exact) mass is 240 g/mol. The SMILES string of the molecule is NC1CCC(N2NC3CCCCC3N2)C(O)C1. The number of aliphatic hydroxyl groups is 1. The summed E-state index contributed by atoms with van der Waals surface area (Å²) < 4.78 is 0. The predicted molar refractivity (Wildman–Crippen MR) is 65.8 cm³/mol. The van der Waals surface area contributed by atoms with Gasteiger partial charge in [-0.05, 0) is 32.1 Å². The van der Waals surface area contributed by atoms with Gasteiger partial charge in [-0.3, -0.25) is 0 Å². The molecule has 5 atom stereocenters. The summed E-state index contributed by atoms with van der Waals surface area (Å²) in [4.78, 5) is 0. The minimum Gasteiger partial charge on any atom is -0.391 e. The fourth-order valence-electron chi connectivity index (χ4n) is 3.49. The first-order chi connectivity index (χ1) is 8.24. The van der Waals surface area contributed by atoms with Crippen LogP contribution in [-0.2, 0) is 0 Å². The van der Waals surface area contributed by atoms with Crippen molar-refractivity contribution in [3.8, 4) is 0 Å². The Labute approximate surface area is 103 Å². The van der Waals surface area contributed by atoms with E-state index in [2.05, 4.69) is 16.0 Å². The number of hydrogen-bond acceptors (Lipinski definition) is 5. The number of aliphatic hydroxyl groups excluding tert-OH is 1. The van der Waals surface area contributed by atoms with Gasteiger partial charge in [0.25, 0.3) is 0 Å². The Hall–Kier alpha value is -0.200. The summed E-state index contributed by atoms with van der Waals surface area (Å²) in [5, 5.41) is 12.2. The van der Waals surface area contributed by atoms with E-state index in [-0.39, 0.29) is 18.2 Å². The number of fused-ring (bicyclic) bond motifs is 1. The van der Waals surface area contributed by atoms with Crippen LogP contribution in [0.5, 0.6) is 0 Å². The first-order valence-electron chi connectivity index (χ1n) is 6.99. The van der Waals surface area contributed by atoms with E-state index in [0.29, 0.717) is 12.1 Å². The Kier molecular flexibility index (Phi) is 3.36. The molecule has 1 aliphatic heterocycles. The van der Waals surface area contributed by atoms with Gasteiger partial charge in [0.05, 0.1) is 12.1 Å². The van der Waals surface area contributed by atoms with E-state index >= 15 is 0 Å². The average Bonchev–Trinajstić information content (AvgIpc) is 2.72. The molecule has 0 aromatic carbocycles. The smallest absolute Gasteiger partial charge is 0.0738 e. The maximum atomic E-state index is 10.1. The van der Waals surface area contributed by atoms with Crippen molar-refractivity contribution in [1.82, 2.24) is 16.0 Å². The highest BCUT2D eigenvalue weighted by Crippen LogP contribution is 2.27. The molecule has 0 amide bonds. The maximum Gasteiger partial charge on any atom is 0.0738 e. The molecule has 0 aromatic rings. The van der Waals surface area contributed by atoms with Crippen LogP contribution in [0.3, 0.4) is 0 Å². The Morgan fingerprint density at radius 3 is 2.24 bits per heavy atom. The van der Waals surface area contributed by atoms with Crippen LogP contribution < -0.4 is 16.6 Å². The molecular weight excluding hydrogens is 216 g/mol. The largest absolute Gasteiger partial charge is 0.391 e. The first kappa shape index (κ1) is 11.9. The molecule has 3 rings (SSSR count). The van der Waals surface area contributed by atoms with E-state index in [0.717, 1.165) is 19.3 Å². The third kappa shape index (κ3) is 2.35. The summed E-state index contributed by atoms with van der Waals surface area (Å²) in [7, 11) is 0. The van der Waals surface area contributed by atoms with Crippen molar-refractivity contribution in [2.45, 2.75) is 75.2 Å². The molecule has 0 bridgehead atoms. The fraction of sp³-hybridized carbons (Fsp3) is 1.00. The van der Waals surface area contributed by atoms with Crippen LogP contribution in [0.15, 0.2) is 0 Å². The lowest BCUT2D eigenvalue weighted by Gasteiger charge is -2.37. The van der Waals surface area contributed by atoms with Crippen molar-refractivity contribution in [3.05, 3.63) is 0 Å². The molecule has 5 N–H and O–H groups in total. The molecule has 17 heavy (non-hydrogen) atoms. The minimum atomic E-state index is -0.307. The van der Waals surface area contributed by atoms with Gasteiger partial charge in [-0.1, -0.05) is 12.8 Å². The standard InChI is InChI=1S/C12H24N4O/c13-8-5-6-11(12(17)7-8)16-14-9-3-1-2-4-10(9)15-16/h8-12,14-15,17H,1-7,13H2. The Bertz CT molecular complexity index is 261. The fourth-order valence-corrected chi connectivity index (χ4v) is 3.49. The second-order valence-electron chi connectivity index (χ2n) is 5.83. The lowest BCUT2D eigenvalue weighted by atomic mass is 9.89. The van der Waals surface area contributed by atoms with Crippen LogP contribution in [0, 0.1) is 0 Å². The maximum absolute atomic E-state index is 10.1. The Balaban J connectivity index is 1.61. The van der Waals surface area contributed by atoms with Crippen molar-refractivity contribution in [1.29, 1.82) is 0 Å². The summed E-state index contributed by atoms with van der Waals surface area (Å²) in [6, 6.07) is 1.48. The molecule has 5 unspecified atom stereocenters. The quantitative estimate of drug-likeness (QED) is 0.513. The van der Waals surface area contributed by atoms with Crippen LogP contribution in [-0.4, -0.2) is 40.5 Å². The Morgan fingerprint density at radius 1 is 1.00 bits per heavy atom. The van der Waals surface area contributed by atoms with E-state index in [1.807, 2.05) is 0 Å². The van der Waals surface area contributed by atoms with E-state index in [9.17, 15) is 5.11 Å². The highest BCUT2D eigenvalue weighted by molar-refractivity contribution is 4.94. The van der Waals surface area contributed by atoms with Gasteiger partial charge >= 0.3 is 0 Å². The number of rotatable bonds is 1. The van der Waals surface area contributed by atoms with Crippen molar-refractivity contribution in [3.63, 3.8) is 0 Å². The zero-order valence-electron chi connectivity index (χ0n) is 10.3. The molecule has 1 heterocycles. The number of nitrogens with two attached hydrogens (primary N) is 1. The van der Waals surface area contributed by atoms with E-state index < -0.39 is 0 Å². The van der Waals surface area contributed by atoms with Gasteiger partial charge in [-0.25, -0.2) is 10.9 Å². The second-order valence-corrected chi connectivity index (χ2v) is 5.83. The Morgan fingerprint density at radius 2 is 1.65 bits per heavy atom. The van der Waals surface area contributed by atoms with Gasteiger partial charge in [0.1, 0.15) is 0 Å². The van der Waals surface area contributed by atoms with Gasteiger partial charge in [0.15, 0.2) is 0 Å². The molecule has 1 saturated heterocycles. The lowest BCUT2D eigenvalue weighted by Crippen LogP contribution is -2.56. The molecule has 2 saturated carbocycles. The van der Waals surface area contributed by atoms with Gasteiger partial charge in [-0.15, -0.1) is 0 Å². The van der Waals surface area contributed by atoms with Gasteiger partial charge in [0, 0.05) is 18.1 Å². The van der Waals surface area contributed by atoms with Crippen molar-refractivity contribution < 1.29 is 5.11 Å². The lowest BCUT2D eigenvalue weighted by molar-refractivity contribution is -0.0236. The number of hydrogen-bond donors (Lipinski definition) is 4. The van der Waals surface area contributed by atoms with Gasteiger partial charge in [0.2, 0.25) is 0 Å². The summed E-state index contributed by atoms with van der Waals surface area (Å²) >= 11 is 0. The van der Waals surface area contributed by atoms with Crippen molar-refractivity contribution in [2.75, 3.05) is 0 Å².